The number of carbonyl (C=O) groups excluding carboxylic acids is 1. The summed E-state index contributed by atoms with van der Waals surface area (Å²) in [6.45, 7) is 3.41. The number of piperidine rings is 2. The molecular weight excluding hydrogens is 332 g/mol. The van der Waals surface area contributed by atoms with E-state index in [1.165, 1.54) is 25.0 Å². The van der Waals surface area contributed by atoms with Gasteiger partial charge in [0.1, 0.15) is 0 Å². The number of anilines is 1. The van der Waals surface area contributed by atoms with Crippen molar-refractivity contribution in [3.63, 3.8) is 0 Å². The van der Waals surface area contributed by atoms with Crippen LogP contribution in [-0.4, -0.2) is 30.4 Å². The number of benzene rings is 2. The third kappa shape index (κ3) is 3.73. The molecule has 0 spiro atoms. The Balaban J connectivity index is 0.00000182. The van der Waals surface area contributed by atoms with Crippen LogP contribution in [0.15, 0.2) is 48.0 Å². The molecule has 1 N–H and O–H groups in total. The van der Waals surface area contributed by atoms with Gasteiger partial charge in [-0.15, -0.1) is 0 Å². The Kier molecular flexibility index (Phi) is 5.45. The van der Waals surface area contributed by atoms with Crippen molar-refractivity contribution in [3.05, 3.63) is 60.5 Å². The predicted molar refractivity (Wildman–Crippen MR) is 105 cm³/mol. The average Bonchev–Trinajstić information content (AvgIpc) is 2.61. The summed E-state index contributed by atoms with van der Waals surface area (Å²) in [7, 11) is 0. The Morgan fingerprint density at radius 2 is 1.96 bits per heavy atom. The van der Waals surface area contributed by atoms with Crippen LogP contribution in [0, 0.1) is 13.3 Å². The van der Waals surface area contributed by atoms with E-state index in [0.717, 1.165) is 36.0 Å². The molecule has 2 aliphatic heterocycles. The minimum Gasteiger partial charge on any atom is -0.322 e. The zero-order chi connectivity index (χ0) is 16.5. The van der Waals surface area contributed by atoms with Crippen LogP contribution in [0.2, 0.25) is 5.02 Å². The molecule has 2 bridgehead atoms. The monoisotopic (exact) mass is 354 g/mol. The van der Waals surface area contributed by atoms with Crippen molar-refractivity contribution in [1.29, 1.82) is 0 Å². The molecule has 0 aromatic heterocycles. The van der Waals surface area contributed by atoms with Gasteiger partial charge in [0.05, 0.1) is 0 Å². The molecule has 4 heteroatoms. The van der Waals surface area contributed by atoms with Crippen molar-refractivity contribution >= 4 is 34.0 Å². The Morgan fingerprint density at radius 3 is 2.80 bits per heavy atom. The maximum absolute atomic E-state index is 12.5. The minimum atomic E-state index is -0.0310. The summed E-state index contributed by atoms with van der Waals surface area (Å²) in [5, 5.41) is 5.69. The molecular formula is C21H23ClN2O. The van der Waals surface area contributed by atoms with Gasteiger partial charge in [0.2, 0.25) is 5.91 Å². The number of carbonyl (C=O) groups is 1. The SMILES string of the molecule is O=C(C=C1CCN2CCCC1C2)Nc1ccc(Cl)c2ccccc12.[CH2]. The molecule has 2 fully saturated rings. The highest BCUT2D eigenvalue weighted by Gasteiger charge is 2.27. The Bertz CT molecular complexity index is 815. The molecule has 0 saturated carbocycles. The summed E-state index contributed by atoms with van der Waals surface area (Å²) in [5.41, 5.74) is 2.12. The molecule has 3 nitrogen and oxygen atoms in total. The average molecular weight is 355 g/mol. The maximum Gasteiger partial charge on any atom is 0.248 e. The number of nitrogens with one attached hydrogen (secondary N) is 1. The van der Waals surface area contributed by atoms with Gasteiger partial charge in [0, 0.05) is 40.6 Å². The lowest BCUT2D eigenvalue weighted by molar-refractivity contribution is -0.112. The quantitative estimate of drug-likeness (QED) is 0.785. The highest BCUT2D eigenvalue weighted by Crippen LogP contribution is 2.32. The maximum atomic E-state index is 12.5. The molecule has 2 radical (unpaired) electrons. The minimum absolute atomic E-state index is 0. The third-order valence-electron chi connectivity index (χ3n) is 5.19. The summed E-state index contributed by atoms with van der Waals surface area (Å²) >= 11 is 6.25. The standard InChI is InChI=1S/C20H21ClN2O.CH2/c21-18-7-8-19(17-6-2-1-5-16(17)18)22-20(24)12-14-9-11-23-10-3-4-15(14)13-23;/h1-2,5-8,12,15H,3-4,9-11,13H2,(H,22,24);1H2. The van der Waals surface area contributed by atoms with E-state index in [-0.39, 0.29) is 13.3 Å². The predicted octanol–water partition coefficient (Wildman–Crippen LogP) is 4.80. The number of hydrogen-bond acceptors (Lipinski definition) is 2. The van der Waals surface area contributed by atoms with Crippen LogP contribution in [-0.2, 0) is 4.79 Å². The normalized spacial score (nSPS) is 24.0. The van der Waals surface area contributed by atoms with Gasteiger partial charge in [0.15, 0.2) is 0 Å². The van der Waals surface area contributed by atoms with Gasteiger partial charge in [-0.25, -0.2) is 0 Å². The van der Waals surface area contributed by atoms with Crippen molar-refractivity contribution in [1.82, 2.24) is 4.90 Å². The Morgan fingerprint density at radius 1 is 1.16 bits per heavy atom. The summed E-state index contributed by atoms with van der Waals surface area (Å²) in [5.74, 6) is 0.525. The van der Waals surface area contributed by atoms with E-state index < -0.39 is 0 Å². The molecule has 2 atom stereocenters. The van der Waals surface area contributed by atoms with Gasteiger partial charge >= 0.3 is 0 Å². The van der Waals surface area contributed by atoms with E-state index in [0.29, 0.717) is 10.9 Å². The van der Waals surface area contributed by atoms with E-state index in [1.807, 2.05) is 42.5 Å². The van der Waals surface area contributed by atoms with Crippen molar-refractivity contribution < 1.29 is 4.79 Å². The second-order valence-electron chi connectivity index (χ2n) is 6.74. The summed E-state index contributed by atoms with van der Waals surface area (Å²) < 4.78 is 0. The highest BCUT2D eigenvalue weighted by molar-refractivity contribution is 6.36. The molecule has 0 aliphatic carbocycles. The highest BCUT2D eigenvalue weighted by atomic mass is 35.5. The molecule has 2 aromatic carbocycles. The Labute approximate surface area is 154 Å². The first kappa shape index (κ1) is 18.0. The third-order valence-corrected chi connectivity index (χ3v) is 5.52. The summed E-state index contributed by atoms with van der Waals surface area (Å²) in [6, 6.07) is 11.6. The first-order valence-corrected chi connectivity index (χ1v) is 8.99. The lowest BCUT2D eigenvalue weighted by atomic mass is 9.84. The van der Waals surface area contributed by atoms with Gasteiger partial charge in [-0.1, -0.05) is 48.9 Å². The van der Waals surface area contributed by atoms with Gasteiger partial charge < -0.3 is 10.2 Å². The molecule has 25 heavy (non-hydrogen) atoms. The smallest absolute Gasteiger partial charge is 0.248 e. The number of rotatable bonds is 2. The summed E-state index contributed by atoms with van der Waals surface area (Å²) in [6.07, 6.45) is 5.29. The topological polar surface area (TPSA) is 32.3 Å². The van der Waals surface area contributed by atoms with Crippen LogP contribution < -0.4 is 5.32 Å². The molecule has 2 unspecified atom stereocenters. The molecule has 1 amide bonds. The zero-order valence-corrected chi connectivity index (χ0v) is 15.1. The Hall–Kier alpha value is -1.84. The van der Waals surface area contributed by atoms with Crippen LogP contribution >= 0.6 is 11.6 Å². The van der Waals surface area contributed by atoms with Crippen LogP contribution in [0.4, 0.5) is 5.69 Å². The van der Waals surface area contributed by atoms with Gasteiger partial charge in [0.25, 0.3) is 0 Å². The van der Waals surface area contributed by atoms with Crippen molar-refractivity contribution in [2.75, 3.05) is 25.0 Å². The number of halogens is 1. The van der Waals surface area contributed by atoms with Crippen molar-refractivity contribution in [2.45, 2.75) is 19.3 Å². The second kappa shape index (κ2) is 7.59. The van der Waals surface area contributed by atoms with Gasteiger partial charge in [-0.2, -0.15) is 0 Å². The molecule has 2 aliphatic rings. The number of amides is 1. The van der Waals surface area contributed by atoms with Crippen LogP contribution in [0.25, 0.3) is 10.8 Å². The molecule has 2 saturated heterocycles. The van der Waals surface area contributed by atoms with E-state index >= 15 is 0 Å². The fourth-order valence-corrected chi connectivity index (χ4v) is 4.18. The molecule has 2 aromatic rings. The molecule has 4 rings (SSSR count). The van der Waals surface area contributed by atoms with Crippen molar-refractivity contribution in [2.24, 2.45) is 5.92 Å². The number of nitrogens with zero attached hydrogens (tertiary/aromatic N) is 1. The largest absolute Gasteiger partial charge is 0.322 e. The van der Waals surface area contributed by atoms with Crippen LogP contribution in [0.5, 0.6) is 0 Å². The zero-order valence-electron chi connectivity index (χ0n) is 14.3. The summed E-state index contributed by atoms with van der Waals surface area (Å²) in [4.78, 5) is 15.0. The van der Waals surface area contributed by atoms with E-state index in [4.69, 9.17) is 11.6 Å². The lowest BCUT2D eigenvalue weighted by Crippen LogP contribution is -2.41. The van der Waals surface area contributed by atoms with Crippen molar-refractivity contribution in [3.8, 4) is 0 Å². The van der Waals surface area contributed by atoms with E-state index in [9.17, 15) is 4.79 Å². The molecule has 130 valence electrons. The lowest BCUT2D eigenvalue weighted by Gasteiger charge is -2.39. The number of fused-ring (bicyclic) bond motifs is 3. The first-order chi connectivity index (χ1) is 11.7. The van der Waals surface area contributed by atoms with Crippen LogP contribution in [0.1, 0.15) is 19.3 Å². The van der Waals surface area contributed by atoms with Crippen LogP contribution in [0.3, 0.4) is 0 Å². The molecule has 2 heterocycles. The van der Waals surface area contributed by atoms with E-state index in [2.05, 4.69) is 10.2 Å². The van der Waals surface area contributed by atoms with E-state index in [1.54, 1.807) is 0 Å². The fourth-order valence-electron chi connectivity index (χ4n) is 3.95. The van der Waals surface area contributed by atoms with Gasteiger partial charge in [-0.3, -0.25) is 4.79 Å². The number of hydrogen-bond donors (Lipinski definition) is 1. The fraction of sp³-hybridized carbons (Fsp3) is 0.333. The second-order valence-corrected chi connectivity index (χ2v) is 7.15. The van der Waals surface area contributed by atoms with Gasteiger partial charge in [-0.05, 0) is 43.9 Å². The first-order valence-electron chi connectivity index (χ1n) is 8.62.